The zero-order chi connectivity index (χ0) is 14.9. The lowest BCUT2D eigenvalue weighted by Gasteiger charge is -2.07. The van der Waals surface area contributed by atoms with E-state index >= 15 is 0 Å². The van der Waals surface area contributed by atoms with Crippen molar-refractivity contribution in [3.63, 3.8) is 0 Å². The quantitative estimate of drug-likeness (QED) is 0.776. The van der Waals surface area contributed by atoms with Crippen LogP contribution in [0.5, 0.6) is 5.75 Å². The first-order chi connectivity index (χ1) is 9.99. The molecule has 4 nitrogen and oxygen atoms in total. The standard InChI is InChI=1S/C12H8F3N3OS2/c13-12(14,15)19-7-1-2-9-10(3-7)21-11(18-9)17-5-8-4-16-6-20-8/h1-4,6H,5H2,(H,17,18). The third-order valence-corrected chi connectivity index (χ3v) is 4.25. The summed E-state index contributed by atoms with van der Waals surface area (Å²) in [5, 5.41) is 3.76. The molecule has 0 bridgehead atoms. The molecule has 0 spiro atoms. The lowest BCUT2D eigenvalue weighted by atomic mass is 10.3. The minimum Gasteiger partial charge on any atom is -0.406 e. The van der Waals surface area contributed by atoms with Gasteiger partial charge >= 0.3 is 6.36 Å². The molecule has 1 aromatic carbocycles. The maximum Gasteiger partial charge on any atom is 0.573 e. The number of halogens is 3. The number of hydrogen-bond donors (Lipinski definition) is 1. The molecule has 3 aromatic rings. The van der Waals surface area contributed by atoms with Crippen LogP contribution in [-0.2, 0) is 6.54 Å². The maximum absolute atomic E-state index is 12.2. The van der Waals surface area contributed by atoms with Crippen LogP contribution in [0.15, 0.2) is 29.9 Å². The predicted molar refractivity (Wildman–Crippen MR) is 75.7 cm³/mol. The molecule has 0 saturated heterocycles. The van der Waals surface area contributed by atoms with Gasteiger partial charge < -0.3 is 10.1 Å². The van der Waals surface area contributed by atoms with Crippen molar-refractivity contribution in [2.45, 2.75) is 12.9 Å². The molecule has 0 atom stereocenters. The van der Waals surface area contributed by atoms with Gasteiger partial charge in [0.1, 0.15) is 5.75 Å². The third-order valence-electron chi connectivity index (χ3n) is 2.49. The van der Waals surface area contributed by atoms with Gasteiger partial charge in [0.25, 0.3) is 0 Å². The van der Waals surface area contributed by atoms with Gasteiger partial charge in [-0.05, 0) is 12.1 Å². The lowest BCUT2D eigenvalue weighted by Crippen LogP contribution is -2.16. The van der Waals surface area contributed by atoms with Gasteiger partial charge in [0, 0.05) is 17.1 Å². The molecule has 0 radical (unpaired) electrons. The number of nitrogens with zero attached hydrogens (tertiary/aromatic N) is 2. The number of thiazole rings is 2. The summed E-state index contributed by atoms with van der Waals surface area (Å²) in [6.45, 7) is 0.580. The molecule has 0 unspecified atom stereocenters. The number of ether oxygens (including phenoxy) is 1. The highest BCUT2D eigenvalue weighted by atomic mass is 32.1. The van der Waals surface area contributed by atoms with Crippen LogP contribution in [0.1, 0.15) is 4.88 Å². The Morgan fingerprint density at radius 3 is 2.86 bits per heavy atom. The van der Waals surface area contributed by atoms with E-state index < -0.39 is 6.36 Å². The molecule has 2 heterocycles. The van der Waals surface area contributed by atoms with Crippen molar-refractivity contribution in [3.8, 4) is 5.75 Å². The van der Waals surface area contributed by atoms with Crippen LogP contribution in [-0.4, -0.2) is 16.3 Å². The van der Waals surface area contributed by atoms with Gasteiger partial charge in [-0.25, -0.2) is 4.98 Å². The Labute approximate surface area is 125 Å². The summed E-state index contributed by atoms with van der Waals surface area (Å²) in [7, 11) is 0. The van der Waals surface area contributed by atoms with Crippen LogP contribution in [0.4, 0.5) is 18.3 Å². The average Bonchev–Trinajstić information content (AvgIpc) is 3.02. The normalized spacial score (nSPS) is 11.8. The Kier molecular flexibility index (Phi) is 3.68. The molecule has 0 amide bonds. The predicted octanol–water partition coefficient (Wildman–Crippen LogP) is 4.26. The van der Waals surface area contributed by atoms with Crippen LogP contribution < -0.4 is 10.1 Å². The Morgan fingerprint density at radius 2 is 2.14 bits per heavy atom. The van der Waals surface area contributed by atoms with Gasteiger partial charge in [0.15, 0.2) is 5.13 Å². The van der Waals surface area contributed by atoms with Crippen molar-refractivity contribution in [2.24, 2.45) is 0 Å². The number of alkyl halides is 3. The summed E-state index contributed by atoms with van der Waals surface area (Å²) in [6.07, 6.45) is -2.94. The number of aromatic nitrogens is 2. The van der Waals surface area contributed by atoms with Gasteiger partial charge in [-0.15, -0.1) is 24.5 Å². The van der Waals surface area contributed by atoms with Crippen molar-refractivity contribution in [3.05, 3.63) is 34.8 Å². The molecule has 0 saturated carbocycles. The van der Waals surface area contributed by atoms with E-state index in [0.717, 1.165) is 4.88 Å². The highest BCUT2D eigenvalue weighted by molar-refractivity contribution is 7.22. The van der Waals surface area contributed by atoms with E-state index in [0.29, 0.717) is 21.9 Å². The highest BCUT2D eigenvalue weighted by Crippen LogP contribution is 2.31. The fraction of sp³-hybridized carbons (Fsp3) is 0.167. The Hall–Kier alpha value is -1.87. The fourth-order valence-electron chi connectivity index (χ4n) is 1.67. The largest absolute Gasteiger partial charge is 0.573 e. The highest BCUT2D eigenvalue weighted by Gasteiger charge is 2.31. The minimum atomic E-state index is -4.69. The molecule has 1 N–H and O–H groups in total. The van der Waals surface area contributed by atoms with E-state index in [1.165, 1.54) is 40.9 Å². The summed E-state index contributed by atoms with van der Waals surface area (Å²) in [5.41, 5.74) is 2.36. The van der Waals surface area contributed by atoms with E-state index in [1.54, 1.807) is 11.7 Å². The average molecular weight is 331 g/mol. The van der Waals surface area contributed by atoms with Crippen molar-refractivity contribution in [2.75, 3.05) is 5.32 Å². The summed E-state index contributed by atoms with van der Waals surface area (Å²) in [6, 6.07) is 4.09. The molecule has 21 heavy (non-hydrogen) atoms. The van der Waals surface area contributed by atoms with E-state index in [-0.39, 0.29) is 5.75 Å². The summed E-state index contributed by atoms with van der Waals surface area (Å²) in [5.74, 6) is -0.243. The smallest absolute Gasteiger partial charge is 0.406 e. The topological polar surface area (TPSA) is 47.0 Å². The third kappa shape index (κ3) is 3.61. The monoisotopic (exact) mass is 331 g/mol. The second-order valence-electron chi connectivity index (χ2n) is 4.02. The first-order valence-electron chi connectivity index (χ1n) is 5.77. The first kappa shape index (κ1) is 14.1. The maximum atomic E-state index is 12.2. The lowest BCUT2D eigenvalue weighted by molar-refractivity contribution is -0.274. The molecular weight excluding hydrogens is 323 g/mol. The summed E-state index contributed by atoms with van der Waals surface area (Å²) < 4.78 is 41.0. The molecule has 0 aliphatic rings. The van der Waals surface area contributed by atoms with Crippen molar-refractivity contribution in [1.82, 2.24) is 9.97 Å². The van der Waals surface area contributed by atoms with Gasteiger partial charge in [-0.2, -0.15) is 0 Å². The van der Waals surface area contributed by atoms with E-state index in [1.807, 2.05) is 0 Å². The number of rotatable bonds is 4. The zero-order valence-electron chi connectivity index (χ0n) is 10.3. The van der Waals surface area contributed by atoms with Crippen LogP contribution in [0.2, 0.25) is 0 Å². The summed E-state index contributed by atoms with van der Waals surface area (Å²) in [4.78, 5) is 9.32. The van der Waals surface area contributed by atoms with Gasteiger partial charge in [0.05, 0.1) is 22.3 Å². The van der Waals surface area contributed by atoms with E-state index in [2.05, 4.69) is 20.0 Å². The molecule has 0 aliphatic heterocycles. The molecule has 0 fully saturated rings. The first-order valence-corrected chi connectivity index (χ1v) is 7.47. The fourth-order valence-corrected chi connectivity index (χ4v) is 3.09. The molecule has 110 valence electrons. The van der Waals surface area contributed by atoms with Crippen LogP contribution in [0, 0.1) is 0 Å². The Bertz CT molecular complexity index is 740. The number of anilines is 1. The van der Waals surface area contributed by atoms with Crippen molar-refractivity contribution in [1.29, 1.82) is 0 Å². The van der Waals surface area contributed by atoms with Crippen LogP contribution >= 0.6 is 22.7 Å². The zero-order valence-corrected chi connectivity index (χ0v) is 12.0. The molecular formula is C12H8F3N3OS2. The van der Waals surface area contributed by atoms with Crippen molar-refractivity contribution >= 4 is 38.0 Å². The number of hydrogen-bond acceptors (Lipinski definition) is 6. The van der Waals surface area contributed by atoms with E-state index in [4.69, 9.17) is 0 Å². The number of nitrogens with one attached hydrogen (secondary N) is 1. The van der Waals surface area contributed by atoms with Crippen LogP contribution in [0.3, 0.4) is 0 Å². The molecule has 9 heteroatoms. The van der Waals surface area contributed by atoms with Gasteiger partial charge in [-0.3, -0.25) is 4.98 Å². The number of benzene rings is 1. The Morgan fingerprint density at radius 1 is 1.29 bits per heavy atom. The van der Waals surface area contributed by atoms with Gasteiger partial charge in [-0.1, -0.05) is 11.3 Å². The number of fused-ring (bicyclic) bond motifs is 1. The molecule has 0 aliphatic carbocycles. The second-order valence-corrected chi connectivity index (χ2v) is 6.02. The van der Waals surface area contributed by atoms with Gasteiger partial charge in [0.2, 0.25) is 0 Å². The van der Waals surface area contributed by atoms with Crippen molar-refractivity contribution < 1.29 is 17.9 Å². The Balaban J connectivity index is 1.76. The van der Waals surface area contributed by atoms with Crippen LogP contribution in [0.25, 0.3) is 10.2 Å². The minimum absolute atomic E-state index is 0.243. The summed E-state index contributed by atoms with van der Waals surface area (Å²) >= 11 is 2.79. The molecule has 3 rings (SSSR count). The second kappa shape index (κ2) is 5.49. The molecule has 2 aromatic heterocycles. The SMILES string of the molecule is FC(F)(F)Oc1ccc2nc(NCc3cncs3)sc2c1. The van der Waals surface area contributed by atoms with E-state index in [9.17, 15) is 13.2 Å².